The van der Waals surface area contributed by atoms with Crippen LogP contribution in [0.1, 0.15) is 6.92 Å². The Labute approximate surface area is 84.4 Å². The number of carbonyl (C=O) groups excluding carboxylic acids is 1. The van der Waals surface area contributed by atoms with Crippen LogP contribution in [0.5, 0.6) is 0 Å². The van der Waals surface area contributed by atoms with Crippen LogP contribution >= 0.6 is 11.8 Å². The molecule has 0 unspecified atom stereocenters. The predicted molar refractivity (Wildman–Crippen MR) is 53.1 cm³/mol. The van der Waals surface area contributed by atoms with Gasteiger partial charge >= 0.3 is 0 Å². The number of nitrogens with zero attached hydrogens (tertiary/aromatic N) is 3. The Morgan fingerprint density at radius 1 is 1.50 bits per heavy atom. The van der Waals surface area contributed by atoms with Crippen LogP contribution in [-0.4, -0.2) is 31.5 Å². The molecule has 0 atom stereocenters. The molecule has 5 nitrogen and oxygen atoms in total. The SMILES string of the molecule is CC(=O)CSc1nc2nccnc2[nH]1. The molecule has 72 valence electrons. The van der Waals surface area contributed by atoms with Crippen molar-refractivity contribution in [3.8, 4) is 0 Å². The molecule has 0 saturated carbocycles. The molecule has 0 amide bonds. The van der Waals surface area contributed by atoms with Gasteiger partial charge in [0.1, 0.15) is 5.78 Å². The second-order valence-electron chi connectivity index (χ2n) is 2.76. The smallest absolute Gasteiger partial charge is 0.198 e. The van der Waals surface area contributed by atoms with Crippen LogP contribution in [0, 0.1) is 0 Å². The molecule has 0 aromatic carbocycles. The molecular formula is C8H8N4OS. The number of fused-ring (bicyclic) bond motifs is 1. The molecule has 0 radical (unpaired) electrons. The number of carbonyl (C=O) groups is 1. The molecule has 0 aliphatic rings. The van der Waals surface area contributed by atoms with Gasteiger partial charge in [-0.05, 0) is 6.92 Å². The molecule has 14 heavy (non-hydrogen) atoms. The van der Waals surface area contributed by atoms with Crippen molar-refractivity contribution in [1.29, 1.82) is 0 Å². The van der Waals surface area contributed by atoms with Gasteiger partial charge in [-0.1, -0.05) is 11.8 Å². The topological polar surface area (TPSA) is 71.5 Å². The van der Waals surface area contributed by atoms with Crippen LogP contribution in [0.4, 0.5) is 0 Å². The first-order valence-electron chi connectivity index (χ1n) is 4.04. The second kappa shape index (κ2) is 3.75. The minimum absolute atomic E-state index is 0.122. The lowest BCUT2D eigenvalue weighted by Gasteiger charge is -1.90. The normalized spacial score (nSPS) is 10.6. The van der Waals surface area contributed by atoms with Gasteiger partial charge in [0.05, 0.1) is 5.75 Å². The Kier molecular flexibility index (Phi) is 2.45. The summed E-state index contributed by atoms with van der Waals surface area (Å²) in [4.78, 5) is 26.0. The number of aromatic nitrogens is 4. The van der Waals surface area contributed by atoms with Gasteiger partial charge in [-0.25, -0.2) is 15.0 Å². The molecule has 1 N–H and O–H groups in total. The van der Waals surface area contributed by atoms with Gasteiger partial charge in [0.15, 0.2) is 16.5 Å². The van der Waals surface area contributed by atoms with Crippen LogP contribution < -0.4 is 0 Å². The molecular weight excluding hydrogens is 200 g/mol. The van der Waals surface area contributed by atoms with E-state index in [1.165, 1.54) is 11.8 Å². The highest BCUT2D eigenvalue weighted by molar-refractivity contribution is 7.99. The highest BCUT2D eigenvalue weighted by Gasteiger charge is 2.05. The quantitative estimate of drug-likeness (QED) is 0.763. The third kappa shape index (κ3) is 1.90. The summed E-state index contributed by atoms with van der Waals surface area (Å²) in [6.07, 6.45) is 3.18. The first kappa shape index (κ1) is 9.14. The summed E-state index contributed by atoms with van der Waals surface area (Å²) in [5.41, 5.74) is 1.23. The molecule has 0 aliphatic heterocycles. The summed E-state index contributed by atoms with van der Waals surface area (Å²) in [7, 11) is 0. The molecule has 6 heteroatoms. The maximum absolute atomic E-state index is 10.7. The van der Waals surface area contributed by atoms with Crippen molar-refractivity contribution >= 4 is 28.8 Å². The number of ketones is 1. The average Bonchev–Trinajstić information content (AvgIpc) is 2.57. The van der Waals surface area contributed by atoms with E-state index < -0.39 is 0 Å². The van der Waals surface area contributed by atoms with Crippen molar-refractivity contribution < 1.29 is 4.79 Å². The fourth-order valence-electron chi connectivity index (χ4n) is 0.964. The lowest BCUT2D eigenvalue weighted by atomic mass is 10.5. The first-order chi connectivity index (χ1) is 6.75. The van der Waals surface area contributed by atoms with Crippen molar-refractivity contribution in [2.75, 3.05) is 5.75 Å². The zero-order valence-electron chi connectivity index (χ0n) is 7.52. The molecule has 2 rings (SSSR count). The zero-order chi connectivity index (χ0) is 9.97. The van der Waals surface area contributed by atoms with E-state index in [1.54, 1.807) is 19.3 Å². The van der Waals surface area contributed by atoms with E-state index in [0.29, 0.717) is 22.2 Å². The van der Waals surface area contributed by atoms with Crippen LogP contribution in [0.25, 0.3) is 11.3 Å². The van der Waals surface area contributed by atoms with Gasteiger partial charge < -0.3 is 4.98 Å². The molecule has 0 bridgehead atoms. The molecule has 2 heterocycles. The van der Waals surface area contributed by atoms with Crippen molar-refractivity contribution in [1.82, 2.24) is 19.9 Å². The molecule has 2 aromatic rings. The van der Waals surface area contributed by atoms with Crippen LogP contribution in [0.3, 0.4) is 0 Å². The maximum atomic E-state index is 10.7. The van der Waals surface area contributed by atoms with Gasteiger partial charge in [0, 0.05) is 12.4 Å². The summed E-state index contributed by atoms with van der Waals surface area (Å²) in [5.74, 6) is 0.538. The number of aromatic amines is 1. The van der Waals surface area contributed by atoms with Gasteiger partial charge in [-0.15, -0.1) is 0 Å². The number of imidazole rings is 1. The number of Topliss-reactive ketones (excluding diaryl/α,β-unsaturated/α-hetero) is 1. The summed E-state index contributed by atoms with van der Waals surface area (Å²) in [6, 6.07) is 0. The lowest BCUT2D eigenvalue weighted by Crippen LogP contribution is -1.93. The second-order valence-corrected chi connectivity index (χ2v) is 3.73. The lowest BCUT2D eigenvalue weighted by molar-refractivity contribution is -0.114. The maximum Gasteiger partial charge on any atom is 0.198 e. The summed E-state index contributed by atoms with van der Waals surface area (Å²) < 4.78 is 0. The number of rotatable bonds is 3. The largest absolute Gasteiger partial charge is 0.316 e. The highest BCUT2D eigenvalue weighted by Crippen LogP contribution is 2.16. The summed E-state index contributed by atoms with van der Waals surface area (Å²) in [5, 5.41) is 0.682. The Hall–Kier alpha value is -1.43. The van der Waals surface area contributed by atoms with Crippen LogP contribution in [0.15, 0.2) is 17.6 Å². The van der Waals surface area contributed by atoms with Crippen molar-refractivity contribution in [2.24, 2.45) is 0 Å². The molecule has 0 fully saturated rings. The summed E-state index contributed by atoms with van der Waals surface area (Å²) in [6.45, 7) is 1.55. The Bertz CT molecular complexity index is 434. The molecule has 0 spiro atoms. The van der Waals surface area contributed by atoms with E-state index in [1.807, 2.05) is 0 Å². The zero-order valence-corrected chi connectivity index (χ0v) is 8.34. The molecule has 2 aromatic heterocycles. The number of thioether (sulfide) groups is 1. The third-order valence-corrected chi connectivity index (χ3v) is 2.54. The van der Waals surface area contributed by atoms with E-state index in [0.717, 1.165) is 0 Å². The minimum atomic E-state index is 0.122. The summed E-state index contributed by atoms with van der Waals surface area (Å²) >= 11 is 1.36. The minimum Gasteiger partial charge on any atom is -0.316 e. The van der Waals surface area contributed by atoms with Crippen LogP contribution in [-0.2, 0) is 4.79 Å². The van der Waals surface area contributed by atoms with Crippen molar-refractivity contribution in [3.05, 3.63) is 12.4 Å². The Morgan fingerprint density at radius 2 is 2.29 bits per heavy atom. The van der Waals surface area contributed by atoms with Crippen molar-refractivity contribution in [3.63, 3.8) is 0 Å². The highest BCUT2D eigenvalue weighted by atomic mass is 32.2. The van der Waals surface area contributed by atoms with Gasteiger partial charge in [0.25, 0.3) is 0 Å². The Balaban J connectivity index is 2.22. The average molecular weight is 208 g/mol. The van der Waals surface area contributed by atoms with E-state index in [-0.39, 0.29) is 5.78 Å². The third-order valence-electron chi connectivity index (χ3n) is 1.52. The fraction of sp³-hybridized carbons (Fsp3) is 0.250. The number of nitrogens with one attached hydrogen (secondary N) is 1. The standard InChI is InChI=1S/C8H8N4OS/c1-5(13)4-14-8-11-6-7(12-8)10-3-2-9-6/h2-3H,4H2,1H3,(H,9,10,11,12). The van der Waals surface area contributed by atoms with E-state index in [2.05, 4.69) is 19.9 Å². The van der Waals surface area contributed by atoms with E-state index in [9.17, 15) is 4.79 Å². The van der Waals surface area contributed by atoms with E-state index in [4.69, 9.17) is 0 Å². The first-order valence-corrected chi connectivity index (χ1v) is 5.03. The fourth-order valence-corrected chi connectivity index (χ4v) is 1.62. The molecule has 0 saturated heterocycles. The van der Waals surface area contributed by atoms with Gasteiger partial charge in [-0.2, -0.15) is 0 Å². The Morgan fingerprint density at radius 3 is 3.00 bits per heavy atom. The predicted octanol–water partition coefficient (Wildman–Crippen LogP) is 1.03. The number of hydrogen-bond acceptors (Lipinski definition) is 5. The molecule has 0 aliphatic carbocycles. The van der Waals surface area contributed by atoms with Crippen molar-refractivity contribution in [2.45, 2.75) is 12.1 Å². The van der Waals surface area contributed by atoms with E-state index >= 15 is 0 Å². The number of H-pyrrole nitrogens is 1. The van der Waals surface area contributed by atoms with Gasteiger partial charge in [-0.3, -0.25) is 4.79 Å². The monoisotopic (exact) mass is 208 g/mol. The number of hydrogen-bond donors (Lipinski definition) is 1. The van der Waals surface area contributed by atoms with Crippen LogP contribution in [0.2, 0.25) is 0 Å². The van der Waals surface area contributed by atoms with Gasteiger partial charge in [0.2, 0.25) is 0 Å².